The van der Waals surface area contributed by atoms with Crippen LogP contribution in [0.5, 0.6) is 0 Å². The lowest BCUT2D eigenvalue weighted by molar-refractivity contribution is -0.180. The molecule has 0 amide bonds. The van der Waals surface area contributed by atoms with E-state index < -0.39 is 29.9 Å². The topological polar surface area (TPSA) is 71.1 Å². The summed E-state index contributed by atoms with van der Waals surface area (Å²) in [7, 11) is 2.45. The fraction of sp³-hybridized carbons (Fsp3) is 0.800. The highest BCUT2D eigenvalue weighted by molar-refractivity contribution is 5.86. The lowest BCUT2D eigenvalue weighted by atomic mass is 10.2. The van der Waals surface area contributed by atoms with E-state index in [1.807, 2.05) is 6.92 Å². The second-order valence-corrected chi connectivity index (χ2v) is 3.61. The zero-order valence-corrected chi connectivity index (χ0v) is 9.81. The minimum absolute atomic E-state index is 0.508. The highest BCUT2D eigenvalue weighted by atomic mass is 16.8. The molecule has 1 aliphatic heterocycles. The number of carbonyl (C=O) groups is 2. The second kappa shape index (κ2) is 4.80. The van der Waals surface area contributed by atoms with Gasteiger partial charge in [-0.2, -0.15) is 0 Å². The molecule has 0 saturated carbocycles. The molecule has 1 rings (SSSR count). The van der Waals surface area contributed by atoms with Crippen LogP contribution >= 0.6 is 0 Å². The van der Waals surface area contributed by atoms with E-state index in [2.05, 4.69) is 9.47 Å². The number of hydrogen-bond donors (Lipinski definition) is 0. The molecule has 0 aliphatic carbocycles. The fourth-order valence-corrected chi connectivity index (χ4v) is 1.43. The van der Waals surface area contributed by atoms with Gasteiger partial charge in [-0.05, 0) is 13.3 Å². The van der Waals surface area contributed by atoms with Crippen molar-refractivity contribution >= 4 is 11.9 Å². The molecule has 0 radical (unpaired) electrons. The van der Waals surface area contributed by atoms with Gasteiger partial charge in [-0.25, -0.2) is 9.59 Å². The molecule has 2 atom stereocenters. The van der Waals surface area contributed by atoms with Gasteiger partial charge in [-0.3, -0.25) is 0 Å². The van der Waals surface area contributed by atoms with E-state index in [1.54, 1.807) is 6.92 Å². The van der Waals surface area contributed by atoms with Gasteiger partial charge in [0.1, 0.15) is 0 Å². The Morgan fingerprint density at radius 1 is 1.12 bits per heavy atom. The van der Waals surface area contributed by atoms with Crippen molar-refractivity contribution in [3.8, 4) is 0 Å². The number of hydrogen-bond acceptors (Lipinski definition) is 6. The van der Waals surface area contributed by atoms with Crippen molar-refractivity contribution < 1.29 is 28.5 Å². The number of esters is 2. The Morgan fingerprint density at radius 3 is 1.75 bits per heavy atom. The average molecular weight is 232 g/mol. The highest BCUT2D eigenvalue weighted by Gasteiger charge is 2.51. The van der Waals surface area contributed by atoms with Crippen LogP contribution in [0.4, 0.5) is 0 Å². The number of ether oxygens (including phenoxy) is 4. The summed E-state index contributed by atoms with van der Waals surface area (Å²) in [4.78, 5) is 22.8. The van der Waals surface area contributed by atoms with Gasteiger partial charge in [-0.15, -0.1) is 0 Å². The minimum atomic E-state index is -1.07. The Labute approximate surface area is 93.8 Å². The van der Waals surface area contributed by atoms with Crippen LogP contribution in [0.2, 0.25) is 0 Å². The summed E-state index contributed by atoms with van der Waals surface area (Å²) < 4.78 is 19.9. The Morgan fingerprint density at radius 2 is 1.50 bits per heavy atom. The van der Waals surface area contributed by atoms with E-state index in [0.717, 1.165) is 0 Å². The van der Waals surface area contributed by atoms with Crippen LogP contribution in [0, 0.1) is 0 Å². The molecule has 1 fully saturated rings. The van der Waals surface area contributed by atoms with E-state index in [-0.39, 0.29) is 0 Å². The van der Waals surface area contributed by atoms with Crippen molar-refractivity contribution in [2.75, 3.05) is 14.2 Å². The molecule has 6 nitrogen and oxygen atoms in total. The molecule has 0 spiro atoms. The van der Waals surface area contributed by atoms with E-state index >= 15 is 0 Å². The predicted octanol–water partition coefficient (Wildman–Crippen LogP) is 0.243. The fourth-order valence-electron chi connectivity index (χ4n) is 1.43. The monoisotopic (exact) mass is 232 g/mol. The third-order valence-electron chi connectivity index (χ3n) is 2.54. The van der Waals surface area contributed by atoms with Crippen molar-refractivity contribution in [2.24, 2.45) is 0 Å². The third kappa shape index (κ3) is 2.33. The smallest absolute Gasteiger partial charge is 0.338 e. The average Bonchev–Trinajstić information content (AvgIpc) is 2.66. The summed E-state index contributed by atoms with van der Waals surface area (Å²) in [5.41, 5.74) is 0. The van der Waals surface area contributed by atoms with Crippen molar-refractivity contribution in [3.05, 3.63) is 0 Å². The summed E-state index contributed by atoms with van der Waals surface area (Å²) in [6, 6.07) is 0. The summed E-state index contributed by atoms with van der Waals surface area (Å²) in [6.45, 7) is 3.49. The standard InChI is InChI=1S/C10H16O6/c1-5-10(2)15-6(8(11)13-3)7(16-10)9(12)14-4/h6-7H,5H2,1-4H3. The van der Waals surface area contributed by atoms with E-state index in [4.69, 9.17) is 9.47 Å². The van der Waals surface area contributed by atoms with Gasteiger partial charge in [-0.1, -0.05) is 6.92 Å². The molecule has 0 aromatic heterocycles. The van der Waals surface area contributed by atoms with Gasteiger partial charge in [0.25, 0.3) is 0 Å². The lowest BCUT2D eigenvalue weighted by Crippen LogP contribution is -2.38. The van der Waals surface area contributed by atoms with Crippen LogP contribution in [0.15, 0.2) is 0 Å². The maximum absolute atomic E-state index is 11.4. The molecule has 6 heteroatoms. The Kier molecular flexibility index (Phi) is 3.88. The molecular formula is C10H16O6. The van der Waals surface area contributed by atoms with Gasteiger partial charge in [0.15, 0.2) is 18.0 Å². The van der Waals surface area contributed by atoms with Gasteiger partial charge < -0.3 is 18.9 Å². The van der Waals surface area contributed by atoms with Crippen molar-refractivity contribution in [1.29, 1.82) is 0 Å². The van der Waals surface area contributed by atoms with Gasteiger partial charge >= 0.3 is 11.9 Å². The summed E-state index contributed by atoms with van der Waals surface area (Å²) in [5, 5.41) is 0. The summed E-state index contributed by atoms with van der Waals surface area (Å²) in [6.07, 6.45) is -1.63. The lowest BCUT2D eigenvalue weighted by Gasteiger charge is -2.20. The molecule has 0 aromatic rings. The largest absolute Gasteiger partial charge is 0.467 e. The molecule has 0 N–H and O–H groups in total. The molecule has 1 heterocycles. The van der Waals surface area contributed by atoms with Crippen LogP contribution in [-0.4, -0.2) is 44.2 Å². The van der Waals surface area contributed by atoms with Crippen molar-refractivity contribution in [2.45, 2.75) is 38.3 Å². The Balaban J connectivity index is 2.87. The Hall–Kier alpha value is -1.14. The molecule has 0 aromatic carbocycles. The van der Waals surface area contributed by atoms with Gasteiger partial charge in [0.2, 0.25) is 0 Å². The third-order valence-corrected chi connectivity index (χ3v) is 2.54. The van der Waals surface area contributed by atoms with E-state index in [1.165, 1.54) is 14.2 Å². The molecular weight excluding hydrogens is 216 g/mol. The van der Waals surface area contributed by atoms with Crippen LogP contribution in [0.3, 0.4) is 0 Å². The van der Waals surface area contributed by atoms with Gasteiger partial charge in [0.05, 0.1) is 14.2 Å². The predicted molar refractivity (Wildman–Crippen MR) is 52.5 cm³/mol. The maximum atomic E-state index is 11.4. The minimum Gasteiger partial charge on any atom is -0.467 e. The van der Waals surface area contributed by atoms with Crippen molar-refractivity contribution in [1.82, 2.24) is 0 Å². The molecule has 1 aliphatic rings. The number of methoxy groups -OCH3 is 2. The Bertz CT molecular complexity index is 263. The zero-order chi connectivity index (χ0) is 12.3. The first kappa shape index (κ1) is 12.9. The maximum Gasteiger partial charge on any atom is 0.338 e. The molecule has 92 valence electrons. The van der Waals surface area contributed by atoms with Gasteiger partial charge in [0, 0.05) is 0 Å². The van der Waals surface area contributed by atoms with Crippen LogP contribution in [-0.2, 0) is 28.5 Å². The van der Waals surface area contributed by atoms with Crippen LogP contribution < -0.4 is 0 Å². The van der Waals surface area contributed by atoms with E-state index in [0.29, 0.717) is 6.42 Å². The van der Waals surface area contributed by atoms with Crippen LogP contribution in [0.25, 0.3) is 0 Å². The SMILES string of the molecule is CCC1(C)OC(C(=O)OC)C(C(=O)OC)O1. The molecule has 1 saturated heterocycles. The van der Waals surface area contributed by atoms with E-state index in [9.17, 15) is 9.59 Å². The first-order valence-corrected chi connectivity index (χ1v) is 4.98. The second-order valence-electron chi connectivity index (χ2n) is 3.61. The first-order chi connectivity index (χ1) is 7.47. The summed E-state index contributed by atoms with van der Waals surface area (Å²) >= 11 is 0. The number of rotatable bonds is 3. The quantitative estimate of drug-likeness (QED) is 0.649. The molecule has 0 bridgehead atoms. The molecule has 16 heavy (non-hydrogen) atoms. The number of carbonyl (C=O) groups excluding carboxylic acids is 2. The van der Waals surface area contributed by atoms with Crippen LogP contribution in [0.1, 0.15) is 20.3 Å². The zero-order valence-electron chi connectivity index (χ0n) is 9.81. The van der Waals surface area contributed by atoms with Crippen molar-refractivity contribution in [3.63, 3.8) is 0 Å². The normalized spacial score (nSPS) is 33.5. The highest BCUT2D eigenvalue weighted by Crippen LogP contribution is 2.32. The molecule has 2 unspecified atom stereocenters. The first-order valence-electron chi connectivity index (χ1n) is 4.98. The summed E-state index contributed by atoms with van der Waals surface area (Å²) in [5.74, 6) is -2.25.